The molecule has 0 aliphatic rings. The van der Waals surface area contributed by atoms with Gasteiger partial charge in [-0.15, -0.1) is 0 Å². The summed E-state index contributed by atoms with van der Waals surface area (Å²) in [4.78, 5) is 0. The van der Waals surface area contributed by atoms with Crippen molar-refractivity contribution in [3.8, 4) is 5.75 Å². The molecule has 19 heavy (non-hydrogen) atoms. The van der Waals surface area contributed by atoms with Crippen LogP contribution in [0, 0.1) is 0 Å². The third kappa shape index (κ3) is 2.52. The number of hydrogen-bond acceptors (Lipinski definition) is 2. The molecule has 2 nitrogen and oxygen atoms in total. The number of fused-ring (bicyclic) bond motifs is 1. The molecule has 0 bridgehead atoms. The van der Waals surface area contributed by atoms with Crippen molar-refractivity contribution in [1.82, 2.24) is 0 Å². The van der Waals surface area contributed by atoms with E-state index in [2.05, 4.69) is 12.1 Å². The number of anilines is 1. The molecule has 0 saturated heterocycles. The summed E-state index contributed by atoms with van der Waals surface area (Å²) < 4.78 is 5.90. The van der Waals surface area contributed by atoms with Gasteiger partial charge in [-0.1, -0.05) is 42.5 Å². The Morgan fingerprint density at radius 3 is 2.53 bits per heavy atom. The van der Waals surface area contributed by atoms with Gasteiger partial charge in [0.2, 0.25) is 0 Å². The summed E-state index contributed by atoms with van der Waals surface area (Å²) in [6, 6.07) is 22.0. The Morgan fingerprint density at radius 2 is 1.68 bits per heavy atom. The smallest absolute Gasteiger partial charge is 0.127 e. The molecule has 0 aliphatic carbocycles. The molecule has 0 fully saturated rings. The van der Waals surface area contributed by atoms with Gasteiger partial charge in [0.05, 0.1) is 0 Å². The van der Waals surface area contributed by atoms with Crippen molar-refractivity contribution in [3.63, 3.8) is 0 Å². The van der Waals surface area contributed by atoms with Crippen LogP contribution in [0.3, 0.4) is 0 Å². The Bertz CT molecular complexity index is 692. The first-order valence-corrected chi connectivity index (χ1v) is 6.28. The topological polar surface area (TPSA) is 35.2 Å². The van der Waals surface area contributed by atoms with E-state index in [9.17, 15) is 0 Å². The number of hydrogen-bond donors (Lipinski definition) is 1. The highest BCUT2D eigenvalue weighted by atomic mass is 16.5. The zero-order valence-corrected chi connectivity index (χ0v) is 10.5. The summed E-state index contributed by atoms with van der Waals surface area (Å²) >= 11 is 0. The van der Waals surface area contributed by atoms with Crippen molar-refractivity contribution < 1.29 is 4.74 Å². The molecule has 2 N–H and O–H groups in total. The van der Waals surface area contributed by atoms with Gasteiger partial charge in [0.1, 0.15) is 12.4 Å². The molecule has 0 radical (unpaired) electrons. The fourth-order valence-corrected chi connectivity index (χ4v) is 2.13. The molecule has 0 atom stereocenters. The van der Waals surface area contributed by atoms with Crippen LogP contribution < -0.4 is 10.5 Å². The second-order valence-electron chi connectivity index (χ2n) is 4.51. The summed E-state index contributed by atoms with van der Waals surface area (Å²) in [5.74, 6) is 0.890. The van der Waals surface area contributed by atoms with Crippen LogP contribution in [0.25, 0.3) is 10.8 Å². The molecule has 0 heterocycles. The Hall–Kier alpha value is -2.48. The van der Waals surface area contributed by atoms with Gasteiger partial charge in [-0.3, -0.25) is 0 Å². The second-order valence-corrected chi connectivity index (χ2v) is 4.51. The van der Waals surface area contributed by atoms with Gasteiger partial charge < -0.3 is 10.5 Å². The van der Waals surface area contributed by atoms with Gasteiger partial charge >= 0.3 is 0 Å². The highest BCUT2D eigenvalue weighted by Gasteiger charge is 2.02. The lowest BCUT2D eigenvalue weighted by Gasteiger charge is -2.09. The molecule has 94 valence electrons. The van der Waals surface area contributed by atoms with Crippen LogP contribution in [0.5, 0.6) is 5.75 Å². The normalized spacial score (nSPS) is 10.5. The van der Waals surface area contributed by atoms with Gasteiger partial charge in [0.15, 0.2) is 0 Å². The Balaban J connectivity index is 1.89. The molecule has 2 heteroatoms. The summed E-state index contributed by atoms with van der Waals surface area (Å²) in [5.41, 5.74) is 7.73. The van der Waals surface area contributed by atoms with Gasteiger partial charge in [0, 0.05) is 11.1 Å². The lowest BCUT2D eigenvalue weighted by atomic mass is 10.1. The van der Waals surface area contributed by atoms with E-state index in [4.69, 9.17) is 10.5 Å². The summed E-state index contributed by atoms with van der Waals surface area (Å²) in [7, 11) is 0. The highest BCUT2D eigenvalue weighted by molar-refractivity contribution is 5.90. The Morgan fingerprint density at radius 1 is 0.842 bits per heavy atom. The summed E-state index contributed by atoms with van der Waals surface area (Å²) in [6.45, 7) is 0.574. The first kappa shape index (κ1) is 11.6. The van der Waals surface area contributed by atoms with Crippen molar-refractivity contribution in [3.05, 3.63) is 72.3 Å². The maximum absolute atomic E-state index is 5.90. The zero-order chi connectivity index (χ0) is 13.1. The van der Waals surface area contributed by atoms with Crippen molar-refractivity contribution in [2.24, 2.45) is 0 Å². The minimum atomic E-state index is 0.574. The van der Waals surface area contributed by atoms with E-state index in [1.54, 1.807) is 0 Å². The SMILES string of the molecule is Nc1ccc2c(OCc3ccccc3)cccc2c1. The number of ether oxygens (including phenoxy) is 1. The van der Waals surface area contributed by atoms with Crippen molar-refractivity contribution in [1.29, 1.82) is 0 Å². The molecule has 0 saturated carbocycles. The van der Waals surface area contributed by atoms with Crippen LogP contribution in [0.1, 0.15) is 5.56 Å². The fraction of sp³-hybridized carbons (Fsp3) is 0.0588. The number of rotatable bonds is 3. The number of benzene rings is 3. The maximum Gasteiger partial charge on any atom is 0.127 e. The molecule has 0 aromatic heterocycles. The van der Waals surface area contributed by atoms with Crippen LogP contribution >= 0.6 is 0 Å². The van der Waals surface area contributed by atoms with Crippen LogP contribution in [0.15, 0.2) is 66.7 Å². The minimum Gasteiger partial charge on any atom is -0.488 e. The molecule has 0 unspecified atom stereocenters. The molecule has 3 aromatic carbocycles. The molecule has 3 aromatic rings. The van der Waals surface area contributed by atoms with Gasteiger partial charge in [-0.2, -0.15) is 0 Å². The standard InChI is InChI=1S/C17H15NO/c18-15-9-10-16-14(11-15)7-4-8-17(16)19-12-13-5-2-1-3-6-13/h1-11H,12,18H2. The molecular weight excluding hydrogens is 234 g/mol. The van der Waals surface area contributed by atoms with E-state index in [0.717, 1.165) is 27.8 Å². The van der Waals surface area contributed by atoms with E-state index in [1.165, 1.54) is 0 Å². The maximum atomic E-state index is 5.90. The highest BCUT2D eigenvalue weighted by Crippen LogP contribution is 2.27. The molecule has 3 rings (SSSR count). The van der Waals surface area contributed by atoms with Crippen LogP contribution in [0.4, 0.5) is 5.69 Å². The average Bonchev–Trinajstić information content (AvgIpc) is 2.45. The summed E-state index contributed by atoms with van der Waals surface area (Å²) in [5, 5.41) is 2.19. The van der Waals surface area contributed by atoms with Crippen LogP contribution in [-0.2, 0) is 6.61 Å². The Kier molecular flexibility index (Phi) is 3.07. The number of nitrogens with two attached hydrogens (primary N) is 1. The average molecular weight is 249 g/mol. The number of nitrogen functional groups attached to an aromatic ring is 1. The fourth-order valence-electron chi connectivity index (χ4n) is 2.13. The van der Waals surface area contributed by atoms with Crippen LogP contribution in [0.2, 0.25) is 0 Å². The second kappa shape index (κ2) is 5.02. The molecule has 0 aliphatic heterocycles. The first-order chi connectivity index (χ1) is 9.33. The van der Waals surface area contributed by atoms with Crippen molar-refractivity contribution in [2.45, 2.75) is 6.61 Å². The first-order valence-electron chi connectivity index (χ1n) is 6.28. The lowest BCUT2D eigenvalue weighted by molar-refractivity contribution is 0.310. The van der Waals surface area contributed by atoms with Gasteiger partial charge in [-0.05, 0) is 35.2 Å². The van der Waals surface area contributed by atoms with Gasteiger partial charge in [-0.25, -0.2) is 0 Å². The monoisotopic (exact) mass is 249 g/mol. The van der Waals surface area contributed by atoms with Crippen molar-refractivity contribution >= 4 is 16.5 Å². The zero-order valence-electron chi connectivity index (χ0n) is 10.5. The third-order valence-electron chi connectivity index (χ3n) is 3.10. The predicted molar refractivity (Wildman–Crippen MR) is 79.1 cm³/mol. The van der Waals surface area contributed by atoms with E-state index < -0.39 is 0 Å². The van der Waals surface area contributed by atoms with Crippen molar-refractivity contribution in [2.75, 3.05) is 5.73 Å². The van der Waals surface area contributed by atoms with Gasteiger partial charge in [0.25, 0.3) is 0 Å². The van der Waals surface area contributed by atoms with Crippen LogP contribution in [-0.4, -0.2) is 0 Å². The Labute approximate surface area is 112 Å². The minimum absolute atomic E-state index is 0.574. The van der Waals surface area contributed by atoms with E-state index in [0.29, 0.717) is 6.61 Å². The lowest BCUT2D eigenvalue weighted by Crippen LogP contribution is -1.95. The molecule has 0 spiro atoms. The van der Waals surface area contributed by atoms with E-state index in [-0.39, 0.29) is 0 Å². The predicted octanol–water partition coefficient (Wildman–Crippen LogP) is 4.00. The van der Waals surface area contributed by atoms with E-state index in [1.807, 2.05) is 54.6 Å². The third-order valence-corrected chi connectivity index (χ3v) is 3.10. The largest absolute Gasteiger partial charge is 0.488 e. The quantitative estimate of drug-likeness (QED) is 0.712. The van der Waals surface area contributed by atoms with E-state index >= 15 is 0 Å². The molecule has 0 amide bonds. The summed E-state index contributed by atoms with van der Waals surface area (Å²) in [6.07, 6.45) is 0. The molecular formula is C17H15NO.